The van der Waals surface area contributed by atoms with Gasteiger partial charge in [-0.05, 0) is 43.4 Å². The Labute approximate surface area is 169 Å². The van der Waals surface area contributed by atoms with Crippen molar-refractivity contribution in [3.05, 3.63) is 47.3 Å². The zero-order chi connectivity index (χ0) is 20.5. The predicted octanol–water partition coefficient (Wildman–Crippen LogP) is 3.26. The molecule has 152 valence electrons. The fraction of sp³-hybridized carbons (Fsp3) is 0.409. The molecule has 0 bridgehead atoms. The summed E-state index contributed by atoms with van der Waals surface area (Å²) < 4.78 is 11.2. The molecule has 0 aliphatic carbocycles. The van der Waals surface area contributed by atoms with Gasteiger partial charge in [0, 0.05) is 36.4 Å². The van der Waals surface area contributed by atoms with Gasteiger partial charge in [0.05, 0.1) is 6.61 Å². The van der Waals surface area contributed by atoms with Crippen LogP contribution in [0.15, 0.2) is 41.7 Å². The molecule has 4 rings (SSSR count). The van der Waals surface area contributed by atoms with E-state index in [0.717, 1.165) is 36.1 Å². The molecule has 1 fully saturated rings. The van der Waals surface area contributed by atoms with E-state index in [0.29, 0.717) is 17.7 Å². The number of fused-ring (bicyclic) bond motifs is 1. The van der Waals surface area contributed by atoms with Crippen LogP contribution in [0.4, 0.5) is 0 Å². The lowest BCUT2D eigenvalue weighted by Crippen LogP contribution is -2.39. The van der Waals surface area contributed by atoms with Crippen LogP contribution in [0.25, 0.3) is 17.1 Å². The van der Waals surface area contributed by atoms with Crippen molar-refractivity contribution in [2.75, 3.05) is 19.7 Å². The van der Waals surface area contributed by atoms with Gasteiger partial charge < -0.3 is 19.4 Å². The van der Waals surface area contributed by atoms with Crippen molar-refractivity contribution in [1.29, 1.82) is 0 Å². The number of nitrogens with zero attached hydrogens (tertiary/aromatic N) is 2. The topological polar surface area (TPSA) is 84.5 Å². The van der Waals surface area contributed by atoms with Crippen molar-refractivity contribution in [3.8, 4) is 0 Å². The van der Waals surface area contributed by atoms with Gasteiger partial charge in [-0.2, -0.15) is 0 Å². The van der Waals surface area contributed by atoms with Crippen molar-refractivity contribution in [3.63, 3.8) is 0 Å². The smallest absolute Gasteiger partial charge is 0.347 e. The molecule has 0 spiro atoms. The average molecular weight is 395 g/mol. The first-order valence-corrected chi connectivity index (χ1v) is 10.0. The highest BCUT2D eigenvalue weighted by molar-refractivity contribution is 6.26. The number of likely N-dealkylation sites (tertiary alicyclic amines) is 1. The van der Waals surface area contributed by atoms with Crippen molar-refractivity contribution in [2.45, 2.75) is 27.2 Å². The Morgan fingerprint density at radius 2 is 2.14 bits per heavy atom. The molecule has 0 radical (unpaired) electrons. The number of carbonyl (C=O) groups is 2. The molecule has 2 aromatic rings. The third kappa shape index (κ3) is 3.64. The number of esters is 1. The number of ketones is 1. The van der Waals surface area contributed by atoms with Crippen molar-refractivity contribution < 1.29 is 19.1 Å². The summed E-state index contributed by atoms with van der Waals surface area (Å²) in [6, 6.07) is 3.75. The second kappa shape index (κ2) is 7.73. The molecular weight excluding hydrogens is 370 g/mol. The minimum atomic E-state index is -0.637. The molecule has 2 aliphatic rings. The number of nitrogens with one attached hydrogen (secondary N) is 1. The second-order valence-electron chi connectivity index (χ2n) is 7.84. The summed E-state index contributed by atoms with van der Waals surface area (Å²) in [5.41, 5.74) is 1.49. The zero-order valence-electron chi connectivity index (χ0n) is 16.9. The predicted molar refractivity (Wildman–Crippen MR) is 108 cm³/mol. The van der Waals surface area contributed by atoms with Crippen LogP contribution in [0.1, 0.15) is 32.8 Å². The minimum absolute atomic E-state index is 0.0163. The Hall–Kier alpha value is -3.09. The maximum absolute atomic E-state index is 13.1. The second-order valence-corrected chi connectivity index (χ2v) is 7.84. The van der Waals surface area contributed by atoms with Gasteiger partial charge in [0.1, 0.15) is 5.65 Å². The van der Waals surface area contributed by atoms with E-state index in [4.69, 9.17) is 9.47 Å². The molecule has 4 heterocycles. The number of H-pyrrole nitrogens is 1. The molecule has 29 heavy (non-hydrogen) atoms. The standard InChI is InChI=1S/C22H25N3O4/c1-4-28-22(27)18-19(26)17(9-15-10-24-20-16(15)6-5-7-23-20)29-21(18)25-11-13(2)8-14(3)12-25/h5-7,9-10,13-14H,4,8,11-12H2,1-3H3,(H,23,24)/b17-9-. The van der Waals surface area contributed by atoms with E-state index in [9.17, 15) is 9.59 Å². The molecule has 0 aromatic carbocycles. The fourth-order valence-corrected chi connectivity index (χ4v) is 4.19. The van der Waals surface area contributed by atoms with Crippen molar-refractivity contribution in [2.24, 2.45) is 11.8 Å². The number of carbonyl (C=O) groups excluding carboxylic acids is 2. The Morgan fingerprint density at radius 3 is 2.86 bits per heavy atom. The van der Waals surface area contributed by atoms with E-state index in [2.05, 4.69) is 23.8 Å². The molecule has 2 unspecified atom stereocenters. The Balaban J connectivity index is 1.71. The molecular formula is C22H25N3O4. The molecule has 7 nitrogen and oxygen atoms in total. The number of allylic oxidation sites excluding steroid dienone is 1. The summed E-state index contributed by atoms with van der Waals surface area (Å²) in [5, 5.41) is 0.878. The lowest BCUT2D eigenvalue weighted by atomic mass is 9.92. The van der Waals surface area contributed by atoms with E-state index in [1.165, 1.54) is 0 Å². The van der Waals surface area contributed by atoms with Gasteiger partial charge in [0.25, 0.3) is 0 Å². The number of aromatic nitrogens is 2. The highest BCUT2D eigenvalue weighted by Crippen LogP contribution is 2.34. The fourth-order valence-electron chi connectivity index (χ4n) is 4.19. The van der Waals surface area contributed by atoms with Crippen molar-refractivity contribution >= 4 is 28.9 Å². The molecule has 0 amide bonds. The highest BCUT2D eigenvalue weighted by Gasteiger charge is 2.40. The molecule has 0 saturated carbocycles. The molecule has 1 saturated heterocycles. The third-order valence-corrected chi connectivity index (χ3v) is 5.28. The van der Waals surface area contributed by atoms with Gasteiger partial charge in [-0.15, -0.1) is 0 Å². The van der Waals surface area contributed by atoms with Crippen LogP contribution in [0, 0.1) is 11.8 Å². The number of pyridine rings is 1. The average Bonchev–Trinajstić information content (AvgIpc) is 3.23. The van der Waals surface area contributed by atoms with Gasteiger partial charge in [0.2, 0.25) is 11.7 Å². The number of Topliss-reactive ketones (excluding diaryl/α,β-unsaturated/α-hetero) is 1. The summed E-state index contributed by atoms with van der Waals surface area (Å²) in [6.07, 6.45) is 6.24. The number of piperidine rings is 1. The largest absolute Gasteiger partial charge is 0.462 e. The van der Waals surface area contributed by atoms with Gasteiger partial charge >= 0.3 is 5.97 Å². The number of rotatable bonds is 4. The molecule has 2 aromatic heterocycles. The van der Waals surface area contributed by atoms with Gasteiger partial charge in [0.15, 0.2) is 11.3 Å². The quantitative estimate of drug-likeness (QED) is 0.486. The summed E-state index contributed by atoms with van der Waals surface area (Å²) in [6.45, 7) is 7.72. The van der Waals surface area contributed by atoms with Crippen LogP contribution in [0.2, 0.25) is 0 Å². The molecule has 7 heteroatoms. The lowest BCUT2D eigenvalue weighted by Gasteiger charge is -2.36. The number of aromatic amines is 1. The maximum Gasteiger partial charge on any atom is 0.347 e. The van der Waals surface area contributed by atoms with Gasteiger partial charge in [-0.1, -0.05) is 13.8 Å². The normalized spacial score (nSPS) is 23.8. The van der Waals surface area contributed by atoms with Crippen molar-refractivity contribution in [1.82, 2.24) is 14.9 Å². The Bertz CT molecular complexity index is 1010. The minimum Gasteiger partial charge on any atom is -0.462 e. The summed E-state index contributed by atoms with van der Waals surface area (Å²) in [4.78, 5) is 35.0. The number of hydrogen-bond donors (Lipinski definition) is 1. The van der Waals surface area contributed by atoms with E-state index in [1.807, 2.05) is 17.0 Å². The summed E-state index contributed by atoms with van der Waals surface area (Å²) in [7, 11) is 0. The third-order valence-electron chi connectivity index (χ3n) is 5.28. The molecule has 1 N–H and O–H groups in total. The van der Waals surface area contributed by atoms with E-state index in [1.54, 1.807) is 25.4 Å². The van der Waals surface area contributed by atoms with Gasteiger partial charge in [-0.3, -0.25) is 4.79 Å². The lowest BCUT2D eigenvalue weighted by molar-refractivity contribution is -0.139. The summed E-state index contributed by atoms with van der Waals surface area (Å²) in [5.74, 6) is 0.252. The van der Waals surface area contributed by atoms with Crippen LogP contribution in [-0.4, -0.2) is 46.3 Å². The number of hydrogen-bond acceptors (Lipinski definition) is 6. The highest BCUT2D eigenvalue weighted by atomic mass is 16.5. The molecule has 2 aliphatic heterocycles. The van der Waals surface area contributed by atoms with E-state index in [-0.39, 0.29) is 17.9 Å². The first-order valence-electron chi connectivity index (χ1n) is 10.0. The van der Waals surface area contributed by atoms with Crippen LogP contribution >= 0.6 is 0 Å². The zero-order valence-corrected chi connectivity index (χ0v) is 16.9. The molecule has 2 atom stereocenters. The first kappa shape index (κ1) is 19.2. The first-order chi connectivity index (χ1) is 14.0. The summed E-state index contributed by atoms with van der Waals surface area (Å²) >= 11 is 0. The Kier molecular flexibility index (Phi) is 5.13. The van der Waals surface area contributed by atoms with Gasteiger partial charge in [-0.25, -0.2) is 9.78 Å². The SMILES string of the molecule is CCOC(=O)C1=C(N2CC(C)CC(C)C2)O/C(=C\c2c[nH]c3ncccc23)C1=O. The van der Waals surface area contributed by atoms with Crippen LogP contribution < -0.4 is 0 Å². The van der Waals surface area contributed by atoms with E-state index >= 15 is 0 Å². The maximum atomic E-state index is 13.1. The monoisotopic (exact) mass is 395 g/mol. The number of ether oxygens (including phenoxy) is 2. The Morgan fingerprint density at radius 1 is 1.38 bits per heavy atom. The van der Waals surface area contributed by atoms with Crippen LogP contribution in [0.5, 0.6) is 0 Å². The van der Waals surface area contributed by atoms with E-state index < -0.39 is 11.8 Å². The van der Waals surface area contributed by atoms with Crippen LogP contribution in [-0.2, 0) is 19.1 Å². The van der Waals surface area contributed by atoms with Crippen LogP contribution in [0.3, 0.4) is 0 Å².